The quantitative estimate of drug-likeness (QED) is 0.801. The number of hydrogen-bond acceptors (Lipinski definition) is 5. The zero-order valence-corrected chi connectivity index (χ0v) is 12.6. The number of nitrogens with zero attached hydrogens (tertiary/aromatic N) is 2. The van der Waals surface area contributed by atoms with Crippen molar-refractivity contribution in [1.29, 1.82) is 0 Å². The second-order valence-electron chi connectivity index (χ2n) is 4.76. The Balaban J connectivity index is 1.80. The van der Waals surface area contributed by atoms with E-state index in [0.29, 0.717) is 5.95 Å². The highest BCUT2D eigenvalue weighted by Crippen LogP contribution is 2.21. The van der Waals surface area contributed by atoms with E-state index < -0.39 is 0 Å². The van der Waals surface area contributed by atoms with Crippen LogP contribution in [0, 0.1) is 0 Å². The van der Waals surface area contributed by atoms with E-state index in [1.54, 1.807) is 0 Å². The Morgan fingerprint density at radius 3 is 2.85 bits per heavy atom. The molecule has 0 aliphatic carbocycles. The molecule has 20 heavy (non-hydrogen) atoms. The predicted octanol–water partition coefficient (Wildman–Crippen LogP) is 2.08. The molecule has 0 radical (unpaired) electrons. The van der Waals surface area contributed by atoms with Gasteiger partial charge in [-0.15, -0.1) is 0 Å². The lowest BCUT2D eigenvalue weighted by Crippen LogP contribution is -2.26. The molecule has 4 N–H and O–H groups in total. The van der Waals surface area contributed by atoms with Gasteiger partial charge in [0.2, 0.25) is 5.95 Å². The van der Waals surface area contributed by atoms with E-state index in [4.69, 9.17) is 5.73 Å². The van der Waals surface area contributed by atoms with E-state index in [-0.39, 0.29) is 0 Å². The van der Waals surface area contributed by atoms with Gasteiger partial charge in [-0.2, -0.15) is 4.98 Å². The molecule has 104 valence electrons. The third-order valence-electron chi connectivity index (χ3n) is 3.32. The first-order valence-corrected chi connectivity index (χ1v) is 7.36. The Morgan fingerprint density at radius 2 is 2.05 bits per heavy atom. The molecule has 3 rings (SSSR count). The van der Waals surface area contributed by atoms with Crippen molar-refractivity contribution < 1.29 is 0 Å². The molecule has 1 aliphatic rings. The summed E-state index contributed by atoms with van der Waals surface area (Å²) in [7, 11) is 0. The minimum absolute atomic E-state index is 0.337. The molecule has 0 fully saturated rings. The normalized spacial score (nSPS) is 13.8. The van der Waals surface area contributed by atoms with E-state index in [2.05, 4.69) is 48.7 Å². The Hall–Kier alpha value is -1.66. The molecule has 0 atom stereocenters. The van der Waals surface area contributed by atoms with Crippen molar-refractivity contribution in [1.82, 2.24) is 15.3 Å². The standard InChI is InChI=1S/C14H16BrN5/c15-10-3-1-9(2-4-10)7-18-13-11-8-17-6-5-12(11)19-14(16)20-13/h1-4,17H,5-8H2,(H3,16,18,19,20). The average Bonchev–Trinajstić information content (AvgIpc) is 2.46. The molecule has 0 unspecified atom stereocenters. The summed E-state index contributed by atoms with van der Waals surface area (Å²) in [5.74, 6) is 1.17. The Labute approximate surface area is 126 Å². The maximum atomic E-state index is 5.78. The molecular weight excluding hydrogens is 318 g/mol. The van der Waals surface area contributed by atoms with E-state index in [1.165, 1.54) is 5.56 Å². The average molecular weight is 334 g/mol. The summed E-state index contributed by atoms with van der Waals surface area (Å²) in [5, 5.41) is 6.70. The third kappa shape index (κ3) is 2.91. The lowest BCUT2D eigenvalue weighted by Gasteiger charge is -2.20. The maximum absolute atomic E-state index is 5.78. The lowest BCUT2D eigenvalue weighted by atomic mass is 10.1. The van der Waals surface area contributed by atoms with Crippen LogP contribution in [0.5, 0.6) is 0 Å². The number of halogens is 1. The molecule has 6 heteroatoms. The first-order chi connectivity index (χ1) is 9.72. The Kier molecular flexibility index (Phi) is 3.84. The fourth-order valence-corrected chi connectivity index (χ4v) is 2.56. The summed E-state index contributed by atoms with van der Waals surface area (Å²) in [6.07, 6.45) is 0.898. The minimum atomic E-state index is 0.337. The molecule has 1 aromatic heterocycles. The van der Waals surface area contributed by atoms with E-state index in [1.807, 2.05) is 12.1 Å². The second-order valence-corrected chi connectivity index (χ2v) is 5.68. The van der Waals surface area contributed by atoms with Crippen molar-refractivity contribution in [2.75, 3.05) is 17.6 Å². The molecule has 0 bridgehead atoms. The van der Waals surface area contributed by atoms with E-state index in [9.17, 15) is 0 Å². The SMILES string of the molecule is Nc1nc2c(c(NCc3ccc(Br)cc3)n1)CNCC2. The van der Waals surface area contributed by atoms with Crippen LogP contribution in [0.2, 0.25) is 0 Å². The van der Waals surface area contributed by atoms with Crippen LogP contribution in [0.3, 0.4) is 0 Å². The first-order valence-electron chi connectivity index (χ1n) is 6.56. The van der Waals surface area contributed by atoms with Crippen LogP contribution in [0.25, 0.3) is 0 Å². The number of nitrogens with one attached hydrogen (secondary N) is 2. The van der Waals surface area contributed by atoms with Gasteiger partial charge in [0.25, 0.3) is 0 Å². The largest absolute Gasteiger partial charge is 0.368 e. The smallest absolute Gasteiger partial charge is 0.222 e. The summed E-state index contributed by atoms with van der Waals surface area (Å²) in [5.41, 5.74) is 9.16. The fourth-order valence-electron chi connectivity index (χ4n) is 2.30. The summed E-state index contributed by atoms with van der Waals surface area (Å²) in [4.78, 5) is 8.65. The van der Waals surface area contributed by atoms with Crippen molar-refractivity contribution in [2.24, 2.45) is 0 Å². The van der Waals surface area contributed by atoms with Crippen molar-refractivity contribution in [3.8, 4) is 0 Å². The highest BCUT2D eigenvalue weighted by atomic mass is 79.9. The maximum Gasteiger partial charge on any atom is 0.222 e. The van der Waals surface area contributed by atoms with Crippen LogP contribution in [0.4, 0.5) is 11.8 Å². The van der Waals surface area contributed by atoms with Crippen LogP contribution in [0.15, 0.2) is 28.7 Å². The summed E-state index contributed by atoms with van der Waals surface area (Å²) in [6, 6.07) is 8.21. The zero-order chi connectivity index (χ0) is 13.9. The molecule has 1 aliphatic heterocycles. The second kappa shape index (κ2) is 5.76. The van der Waals surface area contributed by atoms with Gasteiger partial charge in [-0.3, -0.25) is 0 Å². The van der Waals surface area contributed by atoms with E-state index >= 15 is 0 Å². The number of fused-ring (bicyclic) bond motifs is 1. The van der Waals surface area contributed by atoms with Crippen LogP contribution in [0.1, 0.15) is 16.8 Å². The van der Waals surface area contributed by atoms with Crippen LogP contribution in [-0.4, -0.2) is 16.5 Å². The number of anilines is 2. The molecule has 0 saturated heterocycles. The van der Waals surface area contributed by atoms with Gasteiger partial charge in [0.15, 0.2) is 0 Å². The number of aromatic nitrogens is 2. The number of rotatable bonds is 3. The van der Waals surface area contributed by atoms with Gasteiger partial charge >= 0.3 is 0 Å². The molecule has 2 aromatic rings. The van der Waals surface area contributed by atoms with Gasteiger partial charge in [-0.1, -0.05) is 28.1 Å². The molecular formula is C14H16BrN5. The van der Waals surface area contributed by atoms with Gasteiger partial charge in [0.05, 0.1) is 5.69 Å². The number of hydrogen-bond donors (Lipinski definition) is 3. The van der Waals surface area contributed by atoms with Crippen molar-refractivity contribution in [3.63, 3.8) is 0 Å². The molecule has 0 amide bonds. The lowest BCUT2D eigenvalue weighted by molar-refractivity contribution is 0.628. The number of nitrogen functional groups attached to an aromatic ring is 1. The first kappa shape index (κ1) is 13.3. The molecule has 0 saturated carbocycles. The van der Waals surface area contributed by atoms with E-state index in [0.717, 1.165) is 47.6 Å². The summed E-state index contributed by atoms with van der Waals surface area (Å²) in [6.45, 7) is 2.45. The zero-order valence-electron chi connectivity index (χ0n) is 11.0. The van der Waals surface area contributed by atoms with Gasteiger partial charge in [-0.05, 0) is 17.7 Å². The highest BCUT2D eigenvalue weighted by Gasteiger charge is 2.16. The molecule has 0 spiro atoms. The number of nitrogens with two attached hydrogens (primary N) is 1. The minimum Gasteiger partial charge on any atom is -0.368 e. The van der Waals surface area contributed by atoms with Crippen LogP contribution >= 0.6 is 15.9 Å². The van der Waals surface area contributed by atoms with Crippen molar-refractivity contribution >= 4 is 27.7 Å². The van der Waals surface area contributed by atoms with Crippen LogP contribution < -0.4 is 16.4 Å². The van der Waals surface area contributed by atoms with Gasteiger partial charge in [0.1, 0.15) is 5.82 Å². The predicted molar refractivity (Wildman–Crippen MR) is 83.3 cm³/mol. The Bertz CT molecular complexity index is 612. The monoisotopic (exact) mass is 333 g/mol. The Morgan fingerprint density at radius 1 is 1.25 bits per heavy atom. The van der Waals surface area contributed by atoms with Crippen LogP contribution in [-0.2, 0) is 19.5 Å². The summed E-state index contributed by atoms with van der Waals surface area (Å²) >= 11 is 3.43. The van der Waals surface area contributed by atoms with Gasteiger partial charge in [0, 0.05) is 36.1 Å². The summed E-state index contributed by atoms with van der Waals surface area (Å²) < 4.78 is 1.08. The van der Waals surface area contributed by atoms with Crippen molar-refractivity contribution in [2.45, 2.75) is 19.5 Å². The van der Waals surface area contributed by atoms with Gasteiger partial charge in [-0.25, -0.2) is 4.98 Å². The molecule has 2 heterocycles. The molecule has 1 aromatic carbocycles. The molecule has 5 nitrogen and oxygen atoms in total. The third-order valence-corrected chi connectivity index (χ3v) is 3.85. The van der Waals surface area contributed by atoms with Crippen molar-refractivity contribution in [3.05, 3.63) is 45.6 Å². The number of benzene rings is 1. The highest BCUT2D eigenvalue weighted by molar-refractivity contribution is 9.10. The van der Waals surface area contributed by atoms with Gasteiger partial charge < -0.3 is 16.4 Å². The topological polar surface area (TPSA) is 75.9 Å². The fraction of sp³-hybridized carbons (Fsp3) is 0.286.